The number of imidazole rings is 1. The molecule has 1 aliphatic rings. The van der Waals surface area contributed by atoms with Gasteiger partial charge in [0.2, 0.25) is 5.95 Å². The van der Waals surface area contributed by atoms with Crippen molar-refractivity contribution in [3.05, 3.63) is 47.9 Å². The smallest absolute Gasteiger partial charge is 0.204 e. The normalized spacial score (nSPS) is 18.7. The number of fused-ring (bicyclic) bond motifs is 1. The molecule has 1 atom stereocenters. The molecule has 0 bridgehead atoms. The highest BCUT2D eigenvalue weighted by Gasteiger charge is 2.20. The van der Waals surface area contributed by atoms with Gasteiger partial charge in [0, 0.05) is 25.7 Å². The first-order valence-corrected chi connectivity index (χ1v) is 9.92. The Hall–Kier alpha value is -2.31. The molecule has 1 fully saturated rings. The molecule has 2 aromatic heterocycles. The van der Waals surface area contributed by atoms with Gasteiger partial charge in [-0.3, -0.25) is 0 Å². The van der Waals surface area contributed by atoms with Crippen molar-refractivity contribution in [2.45, 2.75) is 38.8 Å². The molecule has 27 heavy (non-hydrogen) atoms. The van der Waals surface area contributed by atoms with Gasteiger partial charge in [-0.15, -0.1) is 0 Å². The van der Waals surface area contributed by atoms with Crippen LogP contribution in [0, 0.1) is 6.92 Å². The minimum absolute atomic E-state index is 0.432. The number of furan rings is 1. The zero-order valence-electron chi connectivity index (χ0n) is 16.0. The molecule has 0 spiro atoms. The first-order chi connectivity index (χ1) is 13.2. The van der Waals surface area contributed by atoms with Crippen LogP contribution in [0.5, 0.6) is 0 Å². The summed E-state index contributed by atoms with van der Waals surface area (Å²) in [6.07, 6.45) is 3.46. The average molecular weight is 367 g/mol. The van der Waals surface area contributed by atoms with Crippen LogP contribution in [0.25, 0.3) is 11.0 Å². The van der Waals surface area contributed by atoms with Crippen molar-refractivity contribution in [2.75, 3.05) is 31.5 Å². The summed E-state index contributed by atoms with van der Waals surface area (Å²) in [5.74, 6) is 2.82. The zero-order valence-corrected chi connectivity index (χ0v) is 16.0. The number of hydrogen-bond acceptors (Lipinski definition) is 5. The lowest BCUT2D eigenvalue weighted by Gasteiger charge is -2.20. The van der Waals surface area contributed by atoms with Crippen molar-refractivity contribution in [1.82, 2.24) is 14.5 Å². The van der Waals surface area contributed by atoms with Crippen LogP contribution in [0.3, 0.4) is 0 Å². The molecule has 0 radical (unpaired) electrons. The predicted molar refractivity (Wildman–Crippen MR) is 109 cm³/mol. The van der Waals surface area contributed by atoms with Gasteiger partial charge in [0.05, 0.1) is 17.6 Å². The zero-order chi connectivity index (χ0) is 18.6. The molecule has 0 saturated carbocycles. The maximum Gasteiger partial charge on any atom is 0.204 e. The topological polar surface area (TPSA) is 72.2 Å². The Morgan fingerprint density at radius 1 is 1.19 bits per heavy atom. The van der Waals surface area contributed by atoms with E-state index in [1.54, 1.807) is 0 Å². The van der Waals surface area contributed by atoms with Crippen LogP contribution in [-0.2, 0) is 6.54 Å². The van der Waals surface area contributed by atoms with Gasteiger partial charge in [-0.05, 0) is 57.0 Å². The molecule has 1 saturated heterocycles. The van der Waals surface area contributed by atoms with Gasteiger partial charge in [-0.1, -0.05) is 12.1 Å². The SMILES string of the molecule is Cc1ccc(Cn2c(NC3CCCN(CCN)CC3)nc3ccccc32)o1. The fourth-order valence-corrected chi connectivity index (χ4v) is 3.96. The van der Waals surface area contributed by atoms with E-state index >= 15 is 0 Å². The molecule has 0 aliphatic carbocycles. The van der Waals surface area contributed by atoms with Crippen LogP contribution in [0.15, 0.2) is 40.8 Å². The predicted octanol–water partition coefficient (Wildman–Crippen LogP) is 3.21. The summed E-state index contributed by atoms with van der Waals surface area (Å²) >= 11 is 0. The van der Waals surface area contributed by atoms with Crippen molar-refractivity contribution in [1.29, 1.82) is 0 Å². The van der Waals surface area contributed by atoms with Crippen LogP contribution in [0.4, 0.5) is 5.95 Å². The van der Waals surface area contributed by atoms with Crippen molar-refractivity contribution >= 4 is 17.0 Å². The van der Waals surface area contributed by atoms with E-state index in [-0.39, 0.29) is 0 Å². The molecular formula is C21H29N5O. The van der Waals surface area contributed by atoms with Gasteiger partial charge in [-0.2, -0.15) is 0 Å². The number of hydrogen-bond donors (Lipinski definition) is 2. The third kappa shape index (κ3) is 4.17. The summed E-state index contributed by atoms with van der Waals surface area (Å²) in [5, 5.41) is 3.72. The fourth-order valence-electron chi connectivity index (χ4n) is 3.96. The molecule has 6 heteroatoms. The van der Waals surface area contributed by atoms with Crippen LogP contribution < -0.4 is 11.1 Å². The highest BCUT2D eigenvalue weighted by atomic mass is 16.3. The van der Waals surface area contributed by atoms with Gasteiger partial charge < -0.3 is 24.9 Å². The Balaban J connectivity index is 1.56. The monoisotopic (exact) mass is 367 g/mol. The molecule has 1 unspecified atom stereocenters. The van der Waals surface area contributed by atoms with Gasteiger partial charge >= 0.3 is 0 Å². The van der Waals surface area contributed by atoms with E-state index in [0.29, 0.717) is 12.6 Å². The van der Waals surface area contributed by atoms with Crippen LogP contribution in [-0.4, -0.2) is 46.7 Å². The first-order valence-electron chi connectivity index (χ1n) is 9.92. The Morgan fingerprint density at radius 2 is 2.07 bits per heavy atom. The summed E-state index contributed by atoms with van der Waals surface area (Å²) in [6, 6.07) is 12.8. The average Bonchev–Trinajstić information content (AvgIpc) is 3.14. The molecule has 3 aromatic rings. The number of benzene rings is 1. The third-order valence-electron chi connectivity index (χ3n) is 5.36. The maximum atomic E-state index is 5.82. The molecule has 6 nitrogen and oxygen atoms in total. The number of nitrogens with one attached hydrogen (secondary N) is 1. The number of anilines is 1. The highest BCUT2D eigenvalue weighted by Crippen LogP contribution is 2.24. The summed E-state index contributed by atoms with van der Waals surface area (Å²) in [4.78, 5) is 7.34. The molecule has 1 aromatic carbocycles. The number of aryl methyl sites for hydroxylation is 1. The lowest BCUT2D eigenvalue weighted by Crippen LogP contribution is -2.31. The summed E-state index contributed by atoms with van der Waals surface area (Å²) in [7, 11) is 0. The van der Waals surface area contributed by atoms with E-state index in [1.165, 1.54) is 6.42 Å². The van der Waals surface area contributed by atoms with E-state index in [9.17, 15) is 0 Å². The van der Waals surface area contributed by atoms with E-state index < -0.39 is 0 Å². The molecule has 3 N–H and O–H groups in total. The van der Waals surface area contributed by atoms with Crippen molar-refractivity contribution in [3.8, 4) is 0 Å². The van der Waals surface area contributed by atoms with Gasteiger partial charge in [-0.25, -0.2) is 4.98 Å². The van der Waals surface area contributed by atoms with E-state index in [2.05, 4.69) is 33.0 Å². The number of para-hydroxylation sites is 2. The fraction of sp³-hybridized carbons (Fsp3) is 0.476. The maximum absolute atomic E-state index is 5.82. The van der Waals surface area contributed by atoms with Crippen LogP contribution in [0.2, 0.25) is 0 Å². The molecule has 3 heterocycles. The molecule has 1 aliphatic heterocycles. The van der Waals surface area contributed by atoms with Gasteiger partial charge in [0.25, 0.3) is 0 Å². The van der Waals surface area contributed by atoms with E-state index in [4.69, 9.17) is 15.1 Å². The molecule has 4 rings (SSSR count). The quantitative estimate of drug-likeness (QED) is 0.700. The molecular weight excluding hydrogens is 338 g/mol. The summed E-state index contributed by atoms with van der Waals surface area (Å²) in [5.41, 5.74) is 7.87. The Kier molecular flexibility index (Phi) is 5.45. The van der Waals surface area contributed by atoms with E-state index in [1.807, 2.05) is 25.1 Å². The first kappa shape index (κ1) is 18.1. The summed E-state index contributed by atoms with van der Waals surface area (Å²) < 4.78 is 8.05. The second-order valence-corrected chi connectivity index (χ2v) is 7.43. The Morgan fingerprint density at radius 3 is 2.89 bits per heavy atom. The van der Waals surface area contributed by atoms with Crippen LogP contribution in [0.1, 0.15) is 30.8 Å². The Labute approximate surface area is 160 Å². The van der Waals surface area contributed by atoms with Gasteiger partial charge in [0.15, 0.2) is 0 Å². The number of nitrogens with two attached hydrogens (primary N) is 1. The van der Waals surface area contributed by atoms with E-state index in [0.717, 1.165) is 67.5 Å². The van der Waals surface area contributed by atoms with Crippen molar-refractivity contribution in [2.24, 2.45) is 5.73 Å². The van der Waals surface area contributed by atoms with Crippen LogP contribution >= 0.6 is 0 Å². The summed E-state index contributed by atoms with van der Waals surface area (Å²) in [6.45, 7) is 6.61. The highest BCUT2D eigenvalue weighted by molar-refractivity contribution is 5.78. The second kappa shape index (κ2) is 8.15. The largest absolute Gasteiger partial charge is 0.464 e. The van der Waals surface area contributed by atoms with Crippen molar-refractivity contribution in [3.63, 3.8) is 0 Å². The number of aromatic nitrogens is 2. The lowest BCUT2D eigenvalue weighted by atomic mass is 10.1. The second-order valence-electron chi connectivity index (χ2n) is 7.43. The molecule has 144 valence electrons. The standard InChI is InChI=1S/C21H29N5O/c1-16-8-9-18(27-16)15-26-20-7-3-2-6-19(20)24-21(26)23-17-5-4-12-25(13-10-17)14-11-22/h2-3,6-9,17H,4-5,10-15,22H2,1H3,(H,23,24). The lowest BCUT2D eigenvalue weighted by molar-refractivity contribution is 0.292. The Bertz CT molecular complexity index is 884. The minimum atomic E-state index is 0.432. The number of nitrogens with zero attached hydrogens (tertiary/aromatic N) is 3. The van der Waals surface area contributed by atoms with Gasteiger partial charge in [0.1, 0.15) is 11.5 Å². The van der Waals surface area contributed by atoms with Crippen molar-refractivity contribution < 1.29 is 4.42 Å². The number of likely N-dealkylation sites (tertiary alicyclic amines) is 1. The molecule has 0 amide bonds. The minimum Gasteiger partial charge on any atom is -0.464 e. The number of rotatable bonds is 6. The third-order valence-corrected chi connectivity index (χ3v) is 5.36.